The Morgan fingerprint density at radius 2 is 1.93 bits per heavy atom. The molecular weight excluding hydrogens is 191 g/mol. The predicted molar refractivity (Wildman–Crippen MR) is 62.9 cm³/mol. The molecule has 0 radical (unpaired) electrons. The van der Waals surface area contributed by atoms with Gasteiger partial charge in [-0.3, -0.25) is 9.80 Å². The maximum absolute atomic E-state index is 12.9. The lowest BCUT2D eigenvalue weighted by Gasteiger charge is -2.47. The fraction of sp³-hybridized carbons (Fsp3) is 1.00. The highest BCUT2D eigenvalue weighted by atomic mass is 19.1. The van der Waals surface area contributed by atoms with Gasteiger partial charge in [0.2, 0.25) is 0 Å². The summed E-state index contributed by atoms with van der Waals surface area (Å²) in [6.07, 6.45) is -0.710. The van der Waals surface area contributed by atoms with Gasteiger partial charge in [0.15, 0.2) is 0 Å². The van der Waals surface area contributed by atoms with Crippen LogP contribution in [-0.2, 0) is 0 Å². The van der Waals surface area contributed by atoms with Crippen molar-refractivity contribution < 1.29 is 4.39 Å². The summed E-state index contributed by atoms with van der Waals surface area (Å²) >= 11 is 0. The number of hydrogen-bond acceptors (Lipinski definition) is 2. The van der Waals surface area contributed by atoms with Gasteiger partial charge in [0.1, 0.15) is 6.17 Å². The second kappa shape index (κ2) is 4.79. The average molecular weight is 216 g/mol. The first-order valence-electron chi connectivity index (χ1n) is 5.94. The molecule has 0 saturated carbocycles. The summed E-state index contributed by atoms with van der Waals surface area (Å²) in [6, 6.07) is 0.525. The standard InChI is InChI=1S/C12H25FN2/c1-10(13)8-14-6-7-15(11(2)9-14)12(3,4)5/h10-11H,6-9H2,1-5H3/t10?,11-/m0/s1. The molecule has 1 aliphatic rings. The van der Waals surface area contributed by atoms with E-state index in [0.717, 1.165) is 19.6 Å². The molecule has 3 heteroatoms. The van der Waals surface area contributed by atoms with Crippen LogP contribution in [0.3, 0.4) is 0 Å². The largest absolute Gasteiger partial charge is 0.298 e. The molecule has 15 heavy (non-hydrogen) atoms. The Hall–Kier alpha value is -0.150. The topological polar surface area (TPSA) is 6.48 Å². The Balaban J connectivity index is 2.48. The molecule has 90 valence electrons. The van der Waals surface area contributed by atoms with Gasteiger partial charge >= 0.3 is 0 Å². The Kier molecular flexibility index (Phi) is 4.13. The summed E-state index contributed by atoms with van der Waals surface area (Å²) < 4.78 is 12.9. The third-order valence-corrected chi connectivity index (χ3v) is 3.08. The van der Waals surface area contributed by atoms with Crippen molar-refractivity contribution in [2.45, 2.75) is 52.4 Å². The van der Waals surface area contributed by atoms with Crippen LogP contribution < -0.4 is 0 Å². The third-order valence-electron chi connectivity index (χ3n) is 3.08. The highest BCUT2D eigenvalue weighted by Gasteiger charge is 2.31. The molecule has 0 aromatic carbocycles. The molecule has 1 saturated heterocycles. The van der Waals surface area contributed by atoms with Gasteiger partial charge in [-0.2, -0.15) is 0 Å². The molecule has 1 heterocycles. The third kappa shape index (κ3) is 3.72. The lowest BCUT2D eigenvalue weighted by atomic mass is 10.0. The van der Waals surface area contributed by atoms with E-state index in [0.29, 0.717) is 12.6 Å². The Morgan fingerprint density at radius 1 is 1.33 bits per heavy atom. The highest BCUT2D eigenvalue weighted by molar-refractivity contribution is 4.87. The van der Waals surface area contributed by atoms with Crippen LogP contribution in [0.5, 0.6) is 0 Å². The number of alkyl halides is 1. The van der Waals surface area contributed by atoms with Gasteiger partial charge in [-0.25, -0.2) is 4.39 Å². The van der Waals surface area contributed by atoms with Crippen LogP contribution in [0.2, 0.25) is 0 Å². The summed E-state index contributed by atoms with van der Waals surface area (Å²) in [4.78, 5) is 4.74. The minimum absolute atomic E-state index is 0.229. The molecule has 0 aliphatic carbocycles. The summed E-state index contributed by atoms with van der Waals surface area (Å²) in [5.41, 5.74) is 0.229. The van der Waals surface area contributed by atoms with E-state index in [-0.39, 0.29) is 5.54 Å². The molecule has 0 aromatic rings. The van der Waals surface area contributed by atoms with Crippen LogP contribution in [0.4, 0.5) is 4.39 Å². The minimum Gasteiger partial charge on any atom is -0.298 e. The van der Waals surface area contributed by atoms with Crippen LogP contribution in [0.1, 0.15) is 34.6 Å². The van der Waals surface area contributed by atoms with Gasteiger partial charge in [0.05, 0.1) is 0 Å². The van der Waals surface area contributed by atoms with Crippen LogP contribution in [0, 0.1) is 0 Å². The second-order valence-electron chi connectivity index (χ2n) is 5.75. The van der Waals surface area contributed by atoms with E-state index in [4.69, 9.17) is 0 Å². The van der Waals surface area contributed by atoms with E-state index in [2.05, 4.69) is 37.5 Å². The molecule has 1 aliphatic heterocycles. The van der Waals surface area contributed by atoms with Crippen molar-refractivity contribution in [2.75, 3.05) is 26.2 Å². The van der Waals surface area contributed by atoms with E-state index >= 15 is 0 Å². The SMILES string of the molecule is CC(F)CN1CCN(C(C)(C)C)[C@@H](C)C1. The molecule has 2 nitrogen and oxygen atoms in total. The number of piperazine rings is 1. The number of nitrogens with zero attached hydrogens (tertiary/aromatic N) is 2. The Morgan fingerprint density at radius 3 is 2.33 bits per heavy atom. The molecule has 1 fully saturated rings. The van der Waals surface area contributed by atoms with Crippen molar-refractivity contribution in [3.8, 4) is 0 Å². The summed E-state index contributed by atoms with van der Waals surface area (Å²) in [7, 11) is 0. The van der Waals surface area contributed by atoms with Crippen molar-refractivity contribution >= 4 is 0 Å². The molecule has 2 atom stereocenters. The van der Waals surface area contributed by atoms with Crippen LogP contribution in [0.25, 0.3) is 0 Å². The second-order valence-corrected chi connectivity index (χ2v) is 5.75. The van der Waals surface area contributed by atoms with E-state index in [9.17, 15) is 4.39 Å². The first-order chi connectivity index (χ1) is 6.80. The van der Waals surface area contributed by atoms with E-state index in [1.807, 2.05) is 0 Å². The van der Waals surface area contributed by atoms with Crippen molar-refractivity contribution in [1.82, 2.24) is 9.80 Å². The smallest absolute Gasteiger partial charge is 0.110 e. The fourth-order valence-electron chi connectivity index (χ4n) is 2.55. The molecule has 1 rings (SSSR count). The van der Waals surface area contributed by atoms with E-state index in [1.165, 1.54) is 0 Å². The quantitative estimate of drug-likeness (QED) is 0.698. The number of hydrogen-bond donors (Lipinski definition) is 0. The normalized spacial score (nSPS) is 28.0. The maximum atomic E-state index is 12.9. The lowest BCUT2D eigenvalue weighted by molar-refractivity contribution is 0.0115. The molecule has 0 bridgehead atoms. The van der Waals surface area contributed by atoms with E-state index in [1.54, 1.807) is 6.92 Å². The first-order valence-corrected chi connectivity index (χ1v) is 5.94. The number of halogens is 1. The molecule has 0 spiro atoms. The molecule has 0 amide bonds. The van der Waals surface area contributed by atoms with Gasteiger partial charge in [0.25, 0.3) is 0 Å². The monoisotopic (exact) mass is 216 g/mol. The predicted octanol–water partition coefficient (Wildman–Crippen LogP) is 2.15. The van der Waals surface area contributed by atoms with Gasteiger partial charge < -0.3 is 0 Å². The van der Waals surface area contributed by atoms with Crippen molar-refractivity contribution in [3.63, 3.8) is 0 Å². The number of rotatable bonds is 2. The summed E-state index contributed by atoms with van der Waals surface area (Å²) in [5.74, 6) is 0. The lowest BCUT2D eigenvalue weighted by Crippen LogP contribution is -2.58. The minimum atomic E-state index is -0.710. The Labute approximate surface area is 93.4 Å². The summed E-state index contributed by atoms with van der Waals surface area (Å²) in [6.45, 7) is 14.2. The zero-order valence-electron chi connectivity index (χ0n) is 10.8. The van der Waals surface area contributed by atoms with Crippen LogP contribution in [0.15, 0.2) is 0 Å². The molecular formula is C12H25FN2. The van der Waals surface area contributed by atoms with Crippen molar-refractivity contribution in [2.24, 2.45) is 0 Å². The van der Waals surface area contributed by atoms with Gasteiger partial charge in [-0.1, -0.05) is 0 Å². The van der Waals surface area contributed by atoms with Gasteiger partial charge in [0, 0.05) is 37.8 Å². The average Bonchev–Trinajstić information content (AvgIpc) is 1.99. The van der Waals surface area contributed by atoms with Crippen LogP contribution >= 0.6 is 0 Å². The first kappa shape index (κ1) is 12.9. The van der Waals surface area contributed by atoms with Crippen molar-refractivity contribution in [1.29, 1.82) is 0 Å². The fourth-order valence-corrected chi connectivity index (χ4v) is 2.55. The maximum Gasteiger partial charge on any atom is 0.110 e. The van der Waals surface area contributed by atoms with Gasteiger partial charge in [-0.05, 0) is 34.6 Å². The van der Waals surface area contributed by atoms with Gasteiger partial charge in [-0.15, -0.1) is 0 Å². The molecule has 0 aromatic heterocycles. The Bertz CT molecular complexity index is 198. The van der Waals surface area contributed by atoms with Crippen molar-refractivity contribution in [3.05, 3.63) is 0 Å². The summed E-state index contributed by atoms with van der Waals surface area (Å²) in [5, 5.41) is 0. The molecule has 0 N–H and O–H groups in total. The molecule has 1 unspecified atom stereocenters. The highest BCUT2D eigenvalue weighted by Crippen LogP contribution is 2.20. The zero-order valence-corrected chi connectivity index (χ0v) is 10.8. The zero-order chi connectivity index (χ0) is 11.6. The van der Waals surface area contributed by atoms with E-state index < -0.39 is 6.17 Å². The van der Waals surface area contributed by atoms with Crippen LogP contribution in [-0.4, -0.2) is 53.7 Å².